The number of nitrogens with two attached hydrogens (primary N) is 1. The average Bonchev–Trinajstić information content (AvgIpc) is 2.77. The molecule has 170 valence electrons. The number of alkyl carbamates (subject to hydrolysis) is 1. The first kappa shape index (κ1) is 24.5. The van der Waals surface area contributed by atoms with E-state index >= 15 is 0 Å². The van der Waals surface area contributed by atoms with E-state index in [0.29, 0.717) is 13.0 Å². The molecule has 0 saturated carbocycles. The predicted molar refractivity (Wildman–Crippen MR) is 122 cm³/mol. The van der Waals surface area contributed by atoms with Crippen LogP contribution in [0.1, 0.15) is 31.4 Å². The van der Waals surface area contributed by atoms with E-state index < -0.39 is 23.9 Å². The summed E-state index contributed by atoms with van der Waals surface area (Å²) in [7, 11) is 0. The zero-order chi connectivity index (χ0) is 23.3. The standard InChI is InChI=1S/C24H30N4O4/c1-17(2)13-20(28-24(31)32-16-19-11-7-4-8-12-19)23(30)27-21(22(25)29)15-26-14-18-9-5-3-6-10-18/h3-12,15,17,20,26H,13-14,16H2,1-2H3,(H2,25,29)(H,27,30)(H,28,31)/b21-15+. The van der Waals surface area contributed by atoms with Gasteiger partial charge in [-0.1, -0.05) is 74.5 Å². The van der Waals surface area contributed by atoms with Gasteiger partial charge >= 0.3 is 6.09 Å². The Morgan fingerprint density at radius 1 is 0.969 bits per heavy atom. The molecule has 0 bridgehead atoms. The minimum atomic E-state index is -0.893. The van der Waals surface area contributed by atoms with Crippen LogP contribution < -0.4 is 21.7 Å². The van der Waals surface area contributed by atoms with Gasteiger partial charge in [0, 0.05) is 12.7 Å². The van der Waals surface area contributed by atoms with Gasteiger partial charge in [-0.3, -0.25) is 9.59 Å². The van der Waals surface area contributed by atoms with Gasteiger partial charge in [0.25, 0.3) is 5.91 Å². The molecule has 1 unspecified atom stereocenters. The van der Waals surface area contributed by atoms with E-state index in [4.69, 9.17) is 10.5 Å². The van der Waals surface area contributed by atoms with Crippen molar-refractivity contribution in [2.24, 2.45) is 11.7 Å². The summed E-state index contributed by atoms with van der Waals surface area (Å²) in [6.45, 7) is 4.37. The summed E-state index contributed by atoms with van der Waals surface area (Å²) in [6, 6.07) is 17.9. The van der Waals surface area contributed by atoms with E-state index in [2.05, 4.69) is 16.0 Å². The van der Waals surface area contributed by atoms with Crippen LogP contribution in [0, 0.1) is 5.92 Å². The summed E-state index contributed by atoms with van der Waals surface area (Å²) in [5, 5.41) is 8.03. The van der Waals surface area contributed by atoms with E-state index in [1.807, 2.05) is 74.5 Å². The van der Waals surface area contributed by atoms with Crippen molar-refractivity contribution in [3.05, 3.63) is 83.7 Å². The molecule has 2 aromatic carbocycles. The average molecular weight is 439 g/mol. The lowest BCUT2D eigenvalue weighted by Crippen LogP contribution is -2.48. The van der Waals surface area contributed by atoms with E-state index in [9.17, 15) is 14.4 Å². The van der Waals surface area contributed by atoms with Crippen LogP contribution in [0.2, 0.25) is 0 Å². The van der Waals surface area contributed by atoms with Gasteiger partial charge in [-0.25, -0.2) is 4.79 Å². The molecule has 0 spiro atoms. The summed E-state index contributed by atoms with van der Waals surface area (Å²) in [5.41, 5.74) is 7.14. The van der Waals surface area contributed by atoms with Crippen molar-refractivity contribution >= 4 is 17.9 Å². The van der Waals surface area contributed by atoms with Gasteiger partial charge in [-0.05, 0) is 23.5 Å². The van der Waals surface area contributed by atoms with E-state index in [1.54, 1.807) is 0 Å². The quantitative estimate of drug-likeness (QED) is 0.402. The minimum absolute atomic E-state index is 0.0819. The first-order valence-electron chi connectivity index (χ1n) is 10.4. The van der Waals surface area contributed by atoms with Crippen molar-refractivity contribution in [3.63, 3.8) is 0 Å². The predicted octanol–water partition coefficient (Wildman–Crippen LogP) is 2.56. The maximum Gasteiger partial charge on any atom is 0.408 e. The molecular weight excluding hydrogens is 408 g/mol. The molecule has 0 fully saturated rings. The molecule has 3 amide bonds. The molecule has 5 N–H and O–H groups in total. The van der Waals surface area contributed by atoms with Gasteiger partial charge in [-0.15, -0.1) is 0 Å². The summed E-state index contributed by atoms with van der Waals surface area (Å²) < 4.78 is 5.21. The lowest BCUT2D eigenvalue weighted by molar-refractivity contribution is -0.124. The number of nitrogens with one attached hydrogen (secondary N) is 3. The highest BCUT2D eigenvalue weighted by Gasteiger charge is 2.24. The SMILES string of the molecule is CC(C)CC(NC(=O)OCc1ccccc1)C(=O)N/C(=C/NCc1ccccc1)C(N)=O. The fourth-order valence-electron chi connectivity index (χ4n) is 2.87. The number of amides is 3. The van der Waals surface area contributed by atoms with Crippen LogP contribution in [-0.4, -0.2) is 23.9 Å². The minimum Gasteiger partial charge on any atom is -0.445 e. The Hall–Kier alpha value is -3.81. The Kier molecular flexibility index (Phi) is 9.77. The van der Waals surface area contributed by atoms with Gasteiger partial charge in [0.15, 0.2) is 0 Å². The Bertz CT molecular complexity index is 914. The monoisotopic (exact) mass is 438 g/mol. The number of hydrogen-bond donors (Lipinski definition) is 4. The molecule has 8 nitrogen and oxygen atoms in total. The Labute approximate surface area is 188 Å². The fourth-order valence-corrected chi connectivity index (χ4v) is 2.87. The van der Waals surface area contributed by atoms with Crippen LogP contribution >= 0.6 is 0 Å². The van der Waals surface area contributed by atoms with Crippen molar-refractivity contribution in [2.75, 3.05) is 0 Å². The molecule has 32 heavy (non-hydrogen) atoms. The Morgan fingerprint density at radius 2 is 1.56 bits per heavy atom. The number of benzene rings is 2. The molecule has 0 radical (unpaired) electrons. The highest BCUT2D eigenvalue weighted by Crippen LogP contribution is 2.07. The molecular formula is C24H30N4O4. The number of carbonyl (C=O) groups excluding carboxylic acids is 3. The van der Waals surface area contributed by atoms with Crippen LogP contribution in [0.4, 0.5) is 4.79 Å². The number of primary amides is 1. The van der Waals surface area contributed by atoms with Gasteiger partial charge < -0.3 is 26.4 Å². The first-order valence-corrected chi connectivity index (χ1v) is 10.4. The lowest BCUT2D eigenvalue weighted by Gasteiger charge is -2.20. The lowest BCUT2D eigenvalue weighted by atomic mass is 10.0. The highest BCUT2D eigenvalue weighted by molar-refractivity contribution is 5.98. The molecule has 0 saturated heterocycles. The number of hydrogen-bond acceptors (Lipinski definition) is 5. The molecule has 0 aliphatic carbocycles. The van der Waals surface area contributed by atoms with Crippen molar-refractivity contribution in [1.82, 2.24) is 16.0 Å². The maximum absolute atomic E-state index is 12.8. The van der Waals surface area contributed by atoms with Crippen LogP contribution in [0.3, 0.4) is 0 Å². The summed E-state index contributed by atoms with van der Waals surface area (Å²) in [5.74, 6) is -1.24. The molecule has 1 atom stereocenters. The van der Waals surface area contributed by atoms with Gasteiger partial charge in [0.2, 0.25) is 5.91 Å². The van der Waals surface area contributed by atoms with E-state index in [0.717, 1.165) is 11.1 Å². The second-order valence-electron chi connectivity index (χ2n) is 7.67. The highest BCUT2D eigenvalue weighted by atomic mass is 16.5. The normalized spacial score (nSPS) is 12.0. The van der Waals surface area contributed by atoms with Crippen molar-refractivity contribution in [1.29, 1.82) is 0 Å². The van der Waals surface area contributed by atoms with Gasteiger partial charge in [0.1, 0.15) is 18.3 Å². The Morgan fingerprint density at radius 3 is 2.12 bits per heavy atom. The third-order valence-electron chi connectivity index (χ3n) is 4.45. The largest absolute Gasteiger partial charge is 0.445 e. The zero-order valence-corrected chi connectivity index (χ0v) is 18.3. The molecule has 0 aliphatic heterocycles. The second kappa shape index (κ2) is 12.8. The van der Waals surface area contributed by atoms with Gasteiger partial charge in [-0.2, -0.15) is 0 Å². The summed E-state index contributed by atoms with van der Waals surface area (Å²) in [6.07, 6.45) is 0.991. The number of rotatable bonds is 11. The van der Waals surface area contributed by atoms with Crippen molar-refractivity contribution < 1.29 is 19.1 Å². The van der Waals surface area contributed by atoms with Crippen LogP contribution in [0.15, 0.2) is 72.6 Å². The summed E-state index contributed by atoms with van der Waals surface area (Å²) >= 11 is 0. The molecule has 2 rings (SSSR count). The fraction of sp³-hybridized carbons (Fsp3) is 0.292. The Balaban J connectivity index is 1.96. The third kappa shape index (κ3) is 8.91. The zero-order valence-electron chi connectivity index (χ0n) is 18.3. The molecule has 0 aliphatic rings. The third-order valence-corrected chi connectivity index (χ3v) is 4.45. The van der Waals surface area contributed by atoms with E-state index in [-0.39, 0.29) is 18.2 Å². The van der Waals surface area contributed by atoms with Crippen LogP contribution in [-0.2, 0) is 27.5 Å². The van der Waals surface area contributed by atoms with Crippen LogP contribution in [0.25, 0.3) is 0 Å². The smallest absolute Gasteiger partial charge is 0.408 e. The molecule has 2 aromatic rings. The topological polar surface area (TPSA) is 123 Å². The number of carbonyl (C=O) groups is 3. The maximum atomic E-state index is 12.8. The van der Waals surface area contributed by atoms with Crippen molar-refractivity contribution in [2.45, 2.75) is 39.5 Å². The molecule has 0 aromatic heterocycles. The van der Waals surface area contributed by atoms with Crippen LogP contribution in [0.5, 0.6) is 0 Å². The molecule has 0 heterocycles. The second-order valence-corrected chi connectivity index (χ2v) is 7.67. The molecule has 8 heteroatoms. The first-order chi connectivity index (χ1) is 15.3. The van der Waals surface area contributed by atoms with Gasteiger partial charge in [0.05, 0.1) is 0 Å². The van der Waals surface area contributed by atoms with E-state index in [1.165, 1.54) is 6.20 Å². The van der Waals surface area contributed by atoms with Crippen molar-refractivity contribution in [3.8, 4) is 0 Å². The summed E-state index contributed by atoms with van der Waals surface area (Å²) in [4.78, 5) is 36.8. The number of ether oxygens (including phenoxy) is 1.